The van der Waals surface area contributed by atoms with E-state index in [0.29, 0.717) is 5.75 Å². The summed E-state index contributed by atoms with van der Waals surface area (Å²) >= 11 is 2.82. The van der Waals surface area contributed by atoms with Crippen LogP contribution in [0.5, 0.6) is 0 Å². The average molecular weight is 350 g/mol. The van der Waals surface area contributed by atoms with Gasteiger partial charge in [-0.25, -0.2) is 9.97 Å². The molecule has 23 heavy (non-hydrogen) atoms. The molecule has 0 bridgehead atoms. The van der Waals surface area contributed by atoms with Gasteiger partial charge in [-0.2, -0.15) is 8.75 Å². The highest BCUT2D eigenvalue weighted by Crippen LogP contribution is 2.16. The van der Waals surface area contributed by atoms with Crippen LogP contribution in [-0.2, 0) is 10.5 Å². The molecule has 2 aromatic rings. The highest BCUT2D eigenvalue weighted by molar-refractivity contribution is 7.99. The van der Waals surface area contributed by atoms with Crippen molar-refractivity contribution in [3.05, 3.63) is 29.8 Å². The number of hydrogen-bond donors (Lipinski definition) is 0. The number of aromatic nitrogens is 4. The van der Waals surface area contributed by atoms with E-state index >= 15 is 0 Å². The Hall–Kier alpha value is -1.74. The summed E-state index contributed by atoms with van der Waals surface area (Å²) < 4.78 is 8.38. The van der Waals surface area contributed by atoms with Crippen LogP contribution in [-0.4, -0.2) is 61.5 Å². The van der Waals surface area contributed by atoms with Crippen LogP contribution in [0.1, 0.15) is 11.4 Å². The summed E-state index contributed by atoms with van der Waals surface area (Å²) in [6.07, 6.45) is 3.48. The van der Waals surface area contributed by atoms with Crippen molar-refractivity contribution >= 4 is 35.3 Å². The minimum Gasteiger partial charge on any atom is -0.338 e. The summed E-state index contributed by atoms with van der Waals surface area (Å²) in [4.78, 5) is 24.8. The van der Waals surface area contributed by atoms with Crippen molar-refractivity contribution in [2.24, 2.45) is 0 Å². The molecule has 0 N–H and O–H groups in total. The molecule has 1 fully saturated rings. The lowest BCUT2D eigenvalue weighted by Gasteiger charge is -2.34. The molecule has 0 saturated carbocycles. The maximum Gasteiger partial charge on any atom is 0.232 e. The lowest BCUT2D eigenvalue weighted by atomic mass is 10.3. The van der Waals surface area contributed by atoms with Crippen molar-refractivity contribution in [2.45, 2.75) is 12.7 Å². The highest BCUT2D eigenvalue weighted by Gasteiger charge is 2.22. The van der Waals surface area contributed by atoms with Gasteiger partial charge in [-0.1, -0.05) is 0 Å². The van der Waals surface area contributed by atoms with Gasteiger partial charge in [0, 0.05) is 44.3 Å². The number of rotatable bonds is 5. The normalized spacial score (nSPS) is 15.0. The van der Waals surface area contributed by atoms with Crippen molar-refractivity contribution < 1.29 is 4.79 Å². The van der Waals surface area contributed by atoms with Crippen molar-refractivity contribution in [3.8, 4) is 0 Å². The van der Waals surface area contributed by atoms with Crippen LogP contribution in [0, 0.1) is 6.92 Å². The summed E-state index contributed by atoms with van der Waals surface area (Å²) in [6.45, 7) is 4.93. The van der Waals surface area contributed by atoms with Crippen LogP contribution in [0.3, 0.4) is 0 Å². The van der Waals surface area contributed by atoms with E-state index < -0.39 is 0 Å². The molecule has 0 radical (unpaired) electrons. The van der Waals surface area contributed by atoms with E-state index in [1.165, 1.54) is 11.7 Å². The number of thioether (sulfide) groups is 1. The summed E-state index contributed by atoms with van der Waals surface area (Å²) in [6, 6.07) is 1.81. The first-order valence-electron chi connectivity index (χ1n) is 7.39. The van der Waals surface area contributed by atoms with Crippen molar-refractivity contribution in [1.29, 1.82) is 0 Å². The minimum absolute atomic E-state index is 0.185. The number of nitrogens with zero attached hydrogens (tertiary/aromatic N) is 6. The number of carbonyl (C=O) groups excluding carboxylic acids is 1. The van der Waals surface area contributed by atoms with Gasteiger partial charge in [-0.15, -0.1) is 11.8 Å². The number of aryl methyl sites for hydroxylation is 1. The van der Waals surface area contributed by atoms with Gasteiger partial charge in [0.2, 0.25) is 11.9 Å². The Balaban J connectivity index is 1.42. The average Bonchev–Trinajstić information content (AvgIpc) is 3.01. The predicted octanol–water partition coefficient (Wildman–Crippen LogP) is 1.22. The molecule has 2 aromatic heterocycles. The fourth-order valence-corrected chi connectivity index (χ4v) is 3.89. The fourth-order valence-electron chi connectivity index (χ4n) is 2.32. The lowest BCUT2D eigenvalue weighted by molar-refractivity contribution is -0.128. The molecular weight excluding hydrogens is 332 g/mol. The maximum absolute atomic E-state index is 12.3. The molecule has 0 spiro atoms. The van der Waals surface area contributed by atoms with Gasteiger partial charge >= 0.3 is 0 Å². The van der Waals surface area contributed by atoms with Crippen LogP contribution in [0.15, 0.2) is 18.5 Å². The first kappa shape index (κ1) is 16.1. The van der Waals surface area contributed by atoms with Crippen molar-refractivity contribution in [2.75, 3.05) is 36.8 Å². The van der Waals surface area contributed by atoms with Crippen LogP contribution < -0.4 is 4.90 Å². The Kier molecular flexibility index (Phi) is 5.39. The fraction of sp³-hybridized carbons (Fsp3) is 0.500. The molecule has 1 amide bonds. The second-order valence-electron chi connectivity index (χ2n) is 5.21. The third-order valence-corrected chi connectivity index (χ3v) is 5.26. The van der Waals surface area contributed by atoms with Gasteiger partial charge < -0.3 is 9.80 Å². The third kappa shape index (κ3) is 4.17. The SMILES string of the molecule is Cc1nsnc1CSCC(=O)N1CCN(c2ncccn2)CC1. The second-order valence-corrected chi connectivity index (χ2v) is 6.72. The Morgan fingerprint density at radius 2 is 1.96 bits per heavy atom. The van der Waals surface area contributed by atoms with Gasteiger partial charge in [0.15, 0.2) is 0 Å². The number of piperazine rings is 1. The molecule has 9 heteroatoms. The van der Waals surface area contributed by atoms with Crippen LogP contribution in [0.2, 0.25) is 0 Å². The molecule has 0 aliphatic carbocycles. The number of carbonyl (C=O) groups is 1. The number of amides is 1. The maximum atomic E-state index is 12.3. The van der Waals surface area contributed by atoms with E-state index in [0.717, 1.165) is 49.3 Å². The van der Waals surface area contributed by atoms with E-state index in [1.807, 2.05) is 11.8 Å². The third-order valence-electron chi connectivity index (χ3n) is 3.68. The van der Waals surface area contributed by atoms with Crippen molar-refractivity contribution in [3.63, 3.8) is 0 Å². The molecular formula is C14H18N6OS2. The number of anilines is 1. The monoisotopic (exact) mass is 350 g/mol. The lowest BCUT2D eigenvalue weighted by Crippen LogP contribution is -2.49. The molecule has 1 aliphatic rings. The van der Waals surface area contributed by atoms with Gasteiger partial charge in [-0.3, -0.25) is 4.79 Å². The highest BCUT2D eigenvalue weighted by atomic mass is 32.2. The van der Waals surface area contributed by atoms with Gasteiger partial charge in [0.25, 0.3) is 0 Å². The van der Waals surface area contributed by atoms with E-state index in [-0.39, 0.29) is 5.91 Å². The summed E-state index contributed by atoms with van der Waals surface area (Å²) in [5.41, 5.74) is 1.95. The Bertz CT molecular complexity index is 642. The van der Waals surface area contributed by atoms with E-state index in [2.05, 4.69) is 23.6 Å². The summed E-state index contributed by atoms with van der Waals surface area (Å²) in [7, 11) is 0. The summed E-state index contributed by atoms with van der Waals surface area (Å²) in [5, 5.41) is 0. The van der Waals surface area contributed by atoms with Crippen LogP contribution >= 0.6 is 23.5 Å². The zero-order valence-corrected chi connectivity index (χ0v) is 14.5. The molecule has 0 aromatic carbocycles. The Morgan fingerprint density at radius 3 is 2.61 bits per heavy atom. The molecule has 3 rings (SSSR count). The smallest absolute Gasteiger partial charge is 0.232 e. The molecule has 0 atom stereocenters. The van der Waals surface area contributed by atoms with E-state index in [1.54, 1.807) is 30.2 Å². The van der Waals surface area contributed by atoms with E-state index in [9.17, 15) is 4.79 Å². The zero-order valence-electron chi connectivity index (χ0n) is 12.9. The molecule has 1 saturated heterocycles. The Morgan fingerprint density at radius 1 is 1.22 bits per heavy atom. The number of hydrogen-bond acceptors (Lipinski definition) is 8. The predicted molar refractivity (Wildman–Crippen MR) is 91.6 cm³/mol. The molecule has 122 valence electrons. The van der Waals surface area contributed by atoms with E-state index in [4.69, 9.17) is 0 Å². The van der Waals surface area contributed by atoms with Crippen molar-refractivity contribution in [1.82, 2.24) is 23.6 Å². The standard InChI is InChI=1S/C14H18N6OS2/c1-11-12(18-23-17-11)9-22-10-13(21)19-5-7-20(8-6-19)14-15-3-2-4-16-14/h2-4H,5-10H2,1H3. The molecule has 0 unspecified atom stereocenters. The topological polar surface area (TPSA) is 75.1 Å². The summed E-state index contributed by atoms with van der Waals surface area (Å²) in [5.74, 6) is 2.15. The molecule has 7 nitrogen and oxygen atoms in total. The van der Waals surface area contributed by atoms with Crippen LogP contribution in [0.4, 0.5) is 5.95 Å². The zero-order chi connectivity index (χ0) is 16.1. The minimum atomic E-state index is 0.185. The largest absolute Gasteiger partial charge is 0.338 e. The van der Waals surface area contributed by atoms with Crippen LogP contribution in [0.25, 0.3) is 0 Å². The van der Waals surface area contributed by atoms with Gasteiger partial charge in [0.1, 0.15) is 0 Å². The van der Waals surface area contributed by atoms with Gasteiger partial charge in [0.05, 0.1) is 28.9 Å². The molecule has 3 heterocycles. The second kappa shape index (κ2) is 7.69. The first-order chi connectivity index (χ1) is 11.2. The quantitative estimate of drug-likeness (QED) is 0.802. The Labute approximate surface area is 143 Å². The molecule has 1 aliphatic heterocycles. The first-order valence-corrected chi connectivity index (χ1v) is 9.28. The van der Waals surface area contributed by atoms with Gasteiger partial charge in [-0.05, 0) is 13.0 Å².